The van der Waals surface area contributed by atoms with Crippen molar-refractivity contribution in [3.63, 3.8) is 0 Å². The molecule has 0 radical (unpaired) electrons. The first-order valence-corrected chi connectivity index (χ1v) is 9.74. The lowest BCUT2D eigenvalue weighted by molar-refractivity contribution is 0.0960. The smallest absolute Gasteiger partial charge is 0.263 e. The van der Waals surface area contributed by atoms with Crippen molar-refractivity contribution in [3.05, 3.63) is 46.0 Å². The summed E-state index contributed by atoms with van der Waals surface area (Å²) in [5.41, 5.74) is 2.45. The zero-order valence-electron chi connectivity index (χ0n) is 12.6. The minimum absolute atomic E-state index is 0.121. The van der Waals surface area contributed by atoms with Crippen molar-refractivity contribution in [1.29, 1.82) is 0 Å². The third kappa shape index (κ3) is 3.89. The van der Waals surface area contributed by atoms with Gasteiger partial charge in [0.15, 0.2) is 5.13 Å². The van der Waals surface area contributed by atoms with Crippen molar-refractivity contribution < 1.29 is 13.2 Å². The van der Waals surface area contributed by atoms with Crippen molar-refractivity contribution in [2.75, 3.05) is 11.3 Å². The Hall–Kier alpha value is -1.93. The number of rotatable bonds is 4. The molecule has 2 aromatic rings. The van der Waals surface area contributed by atoms with Crippen LogP contribution >= 0.6 is 11.3 Å². The highest BCUT2D eigenvalue weighted by Gasteiger charge is 2.22. The number of hydrogen-bond acceptors (Lipinski definition) is 5. The van der Waals surface area contributed by atoms with Gasteiger partial charge in [-0.1, -0.05) is 41.2 Å². The van der Waals surface area contributed by atoms with Crippen LogP contribution in [0.15, 0.2) is 24.3 Å². The normalized spacial score (nSPS) is 14.7. The minimum atomic E-state index is -3.56. The van der Waals surface area contributed by atoms with E-state index in [1.807, 2.05) is 19.1 Å². The van der Waals surface area contributed by atoms with Gasteiger partial charge in [0.05, 0.1) is 11.4 Å². The van der Waals surface area contributed by atoms with Crippen LogP contribution in [0.2, 0.25) is 0 Å². The van der Waals surface area contributed by atoms with Crippen LogP contribution in [0, 0.1) is 6.92 Å². The lowest BCUT2D eigenvalue weighted by Gasteiger charge is -2.05. The monoisotopic (exact) mass is 351 g/mol. The predicted octanol–water partition coefficient (Wildman–Crippen LogP) is 2.07. The number of benzene rings is 1. The van der Waals surface area contributed by atoms with Gasteiger partial charge in [-0.2, -0.15) is 0 Å². The maximum Gasteiger partial charge on any atom is 0.263 e. The lowest BCUT2D eigenvalue weighted by Crippen LogP contribution is -2.21. The van der Waals surface area contributed by atoms with E-state index in [0.29, 0.717) is 29.1 Å². The summed E-state index contributed by atoms with van der Waals surface area (Å²) in [6, 6.07) is 7.33. The molecule has 8 heteroatoms. The Morgan fingerprint density at radius 3 is 2.78 bits per heavy atom. The largest absolute Gasteiger partial charge is 0.351 e. The molecule has 23 heavy (non-hydrogen) atoms. The molecule has 0 spiro atoms. The lowest BCUT2D eigenvalue weighted by atomic mass is 10.2. The quantitative estimate of drug-likeness (QED) is 0.883. The maximum absolute atomic E-state index is 12.3. The summed E-state index contributed by atoms with van der Waals surface area (Å²) in [5, 5.41) is 3.03. The van der Waals surface area contributed by atoms with Gasteiger partial charge in [-0.15, -0.1) is 0 Å². The molecule has 6 nitrogen and oxygen atoms in total. The fourth-order valence-electron chi connectivity index (χ4n) is 2.35. The fourth-order valence-corrected chi connectivity index (χ4v) is 4.70. The molecule has 0 aliphatic carbocycles. The number of hydrogen-bond donors (Lipinski definition) is 2. The van der Waals surface area contributed by atoms with Gasteiger partial charge >= 0.3 is 0 Å². The topological polar surface area (TPSA) is 88.2 Å². The molecule has 122 valence electrons. The van der Waals surface area contributed by atoms with E-state index in [1.54, 1.807) is 12.1 Å². The molecule has 2 heterocycles. The molecule has 0 atom stereocenters. The number of aryl methyl sites for hydroxylation is 2. The average molecular weight is 351 g/mol. The van der Waals surface area contributed by atoms with Crippen LogP contribution in [0.3, 0.4) is 0 Å². The minimum Gasteiger partial charge on any atom is -0.351 e. The standard InChI is InChI=1S/C15H17N3O3S2/c1-10-4-6-11(7-5-10)9-23(20,21)18-15-17-12-3-2-8-16-14(19)13(12)22-15/h4-7H,2-3,8-9H2,1H3,(H,16,19)(H,17,18). The summed E-state index contributed by atoms with van der Waals surface area (Å²) in [6.07, 6.45) is 1.47. The number of nitrogens with zero attached hydrogens (tertiary/aromatic N) is 1. The van der Waals surface area contributed by atoms with Gasteiger partial charge < -0.3 is 5.32 Å². The number of nitrogens with one attached hydrogen (secondary N) is 2. The van der Waals surface area contributed by atoms with Crippen LogP contribution in [0.4, 0.5) is 5.13 Å². The summed E-state index contributed by atoms with van der Waals surface area (Å²) >= 11 is 1.08. The van der Waals surface area contributed by atoms with Gasteiger partial charge in [0.1, 0.15) is 4.88 Å². The number of sulfonamides is 1. The summed E-state index contributed by atoms with van der Waals surface area (Å²) < 4.78 is 27.0. The highest BCUT2D eigenvalue weighted by atomic mass is 32.2. The summed E-state index contributed by atoms with van der Waals surface area (Å²) in [6.45, 7) is 2.57. The zero-order chi connectivity index (χ0) is 16.4. The Bertz CT molecular complexity index is 826. The molecule has 1 aliphatic rings. The molecular weight excluding hydrogens is 334 g/mol. The molecular formula is C15H17N3O3S2. The molecule has 0 unspecified atom stereocenters. The Morgan fingerprint density at radius 2 is 2.04 bits per heavy atom. The van der Waals surface area contributed by atoms with Crippen LogP contribution in [0.25, 0.3) is 0 Å². The van der Waals surface area contributed by atoms with Gasteiger partial charge in [-0.25, -0.2) is 13.4 Å². The molecule has 0 saturated carbocycles. The zero-order valence-corrected chi connectivity index (χ0v) is 14.3. The Labute approximate surface area is 139 Å². The molecule has 2 N–H and O–H groups in total. The molecule has 1 amide bonds. The van der Waals surface area contributed by atoms with Crippen LogP contribution in [0.1, 0.15) is 32.9 Å². The molecule has 0 fully saturated rings. The summed E-state index contributed by atoms with van der Waals surface area (Å²) in [4.78, 5) is 16.7. The Kier molecular flexibility index (Phi) is 4.36. The van der Waals surface area contributed by atoms with Crippen molar-refractivity contribution >= 4 is 32.4 Å². The van der Waals surface area contributed by atoms with Crippen molar-refractivity contribution in [3.8, 4) is 0 Å². The summed E-state index contributed by atoms with van der Waals surface area (Å²) in [7, 11) is -3.56. The Morgan fingerprint density at radius 1 is 1.30 bits per heavy atom. The van der Waals surface area contributed by atoms with Gasteiger partial charge in [-0.05, 0) is 25.3 Å². The molecule has 1 aliphatic heterocycles. The van der Waals surface area contributed by atoms with Crippen LogP contribution in [0.5, 0.6) is 0 Å². The first-order valence-electron chi connectivity index (χ1n) is 7.27. The van der Waals surface area contributed by atoms with Gasteiger partial charge in [-0.3, -0.25) is 9.52 Å². The van der Waals surface area contributed by atoms with E-state index in [-0.39, 0.29) is 16.8 Å². The second-order valence-corrected chi connectivity index (χ2v) is 8.22. The number of thiazole rings is 1. The average Bonchev–Trinajstić information content (AvgIpc) is 2.79. The number of carbonyl (C=O) groups excluding carboxylic acids is 1. The first-order chi connectivity index (χ1) is 10.9. The predicted molar refractivity (Wildman–Crippen MR) is 90.2 cm³/mol. The van der Waals surface area contributed by atoms with Gasteiger partial charge in [0, 0.05) is 6.54 Å². The number of anilines is 1. The van der Waals surface area contributed by atoms with E-state index in [1.165, 1.54) is 0 Å². The SMILES string of the molecule is Cc1ccc(CS(=O)(=O)Nc2nc3c(s2)C(=O)NCCC3)cc1. The third-order valence-corrected chi connectivity index (χ3v) is 5.86. The Balaban J connectivity index is 1.77. The van der Waals surface area contributed by atoms with Gasteiger partial charge in [0.2, 0.25) is 10.0 Å². The van der Waals surface area contributed by atoms with E-state index in [2.05, 4.69) is 15.0 Å². The second kappa shape index (κ2) is 6.29. The number of carbonyl (C=O) groups is 1. The van der Waals surface area contributed by atoms with E-state index < -0.39 is 10.0 Å². The number of aromatic nitrogens is 1. The molecule has 1 aromatic heterocycles. The molecule has 3 rings (SSSR count). The second-order valence-electron chi connectivity index (χ2n) is 5.50. The van der Waals surface area contributed by atoms with E-state index in [0.717, 1.165) is 23.3 Å². The fraction of sp³-hybridized carbons (Fsp3) is 0.333. The first kappa shape index (κ1) is 15.9. The highest BCUT2D eigenvalue weighted by Crippen LogP contribution is 2.26. The van der Waals surface area contributed by atoms with Crippen LogP contribution in [-0.4, -0.2) is 25.9 Å². The van der Waals surface area contributed by atoms with Crippen LogP contribution < -0.4 is 10.0 Å². The van der Waals surface area contributed by atoms with Crippen molar-refractivity contribution in [2.45, 2.75) is 25.5 Å². The van der Waals surface area contributed by atoms with E-state index in [9.17, 15) is 13.2 Å². The summed E-state index contributed by atoms with van der Waals surface area (Å²) in [5.74, 6) is -0.303. The van der Waals surface area contributed by atoms with E-state index in [4.69, 9.17) is 0 Å². The van der Waals surface area contributed by atoms with Gasteiger partial charge in [0.25, 0.3) is 5.91 Å². The molecule has 1 aromatic carbocycles. The number of fused-ring (bicyclic) bond motifs is 1. The maximum atomic E-state index is 12.3. The van der Waals surface area contributed by atoms with E-state index >= 15 is 0 Å². The molecule has 0 bridgehead atoms. The van der Waals surface area contributed by atoms with Crippen molar-refractivity contribution in [1.82, 2.24) is 10.3 Å². The number of amides is 1. The van der Waals surface area contributed by atoms with Crippen molar-refractivity contribution in [2.24, 2.45) is 0 Å². The molecule has 0 saturated heterocycles. The highest BCUT2D eigenvalue weighted by molar-refractivity contribution is 7.92. The third-order valence-electron chi connectivity index (χ3n) is 3.50. The van der Waals surface area contributed by atoms with Crippen LogP contribution in [-0.2, 0) is 22.2 Å².